The van der Waals surface area contributed by atoms with E-state index < -0.39 is 0 Å². The van der Waals surface area contributed by atoms with E-state index in [0.717, 1.165) is 22.0 Å². The first-order valence-electron chi connectivity index (χ1n) is 8.15. The Morgan fingerprint density at radius 3 is 2.48 bits per heavy atom. The summed E-state index contributed by atoms with van der Waals surface area (Å²) in [5.74, 6) is 1.39. The number of methoxy groups -OCH3 is 1. The first-order chi connectivity index (χ1) is 12.2. The minimum absolute atomic E-state index is 0.175. The summed E-state index contributed by atoms with van der Waals surface area (Å²) in [6.07, 6.45) is 0. The molecule has 0 bridgehead atoms. The maximum atomic E-state index is 11.0. The number of amidine groups is 1. The number of ether oxygens (including phenoxy) is 1. The fourth-order valence-electron chi connectivity index (χ4n) is 3.15. The van der Waals surface area contributed by atoms with Crippen LogP contribution in [0, 0.1) is 0 Å². The molecule has 124 valence electrons. The van der Waals surface area contributed by atoms with E-state index >= 15 is 0 Å². The molecule has 1 heterocycles. The van der Waals surface area contributed by atoms with E-state index in [1.807, 2.05) is 37.3 Å². The maximum Gasteiger partial charge on any atom is 0.158 e. The molecule has 3 aromatic rings. The van der Waals surface area contributed by atoms with Crippen LogP contribution in [0.15, 0.2) is 64.6 Å². The third-order valence-corrected chi connectivity index (χ3v) is 4.39. The van der Waals surface area contributed by atoms with Crippen molar-refractivity contribution >= 4 is 22.3 Å². The fraction of sp³-hybridized carbons (Fsp3) is 0.143. The van der Waals surface area contributed by atoms with E-state index in [4.69, 9.17) is 4.74 Å². The lowest BCUT2D eigenvalue weighted by Crippen LogP contribution is -1.98. The number of hydrogen-bond acceptors (Lipinski definition) is 4. The second-order valence-electron chi connectivity index (χ2n) is 6.08. The van der Waals surface area contributed by atoms with Gasteiger partial charge in [-0.2, -0.15) is 0 Å². The van der Waals surface area contributed by atoms with Crippen LogP contribution >= 0.6 is 0 Å². The second-order valence-corrected chi connectivity index (χ2v) is 6.08. The molecular formula is C21H18N2O2. The van der Waals surface area contributed by atoms with E-state index in [2.05, 4.69) is 28.2 Å². The van der Waals surface area contributed by atoms with Gasteiger partial charge >= 0.3 is 0 Å². The van der Waals surface area contributed by atoms with Crippen molar-refractivity contribution in [3.63, 3.8) is 0 Å². The van der Waals surface area contributed by atoms with Crippen molar-refractivity contribution < 1.29 is 9.84 Å². The highest BCUT2D eigenvalue weighted by Gasteiger charge is 2.19. The number of nitrogens with zero attached hydrogens (tertiary/aromatic N) is 2. The van der Waals surface area contributed by atoms with Gasteiger partial charge in [0.1, 0.15) is 11.5 Å². The molecular weight excluding hydrogens is 312 g/mol. The molecule has 0 unspecified atom stereocenters. The molecule has 1 aliphatic rings. The molecule has 4 heteroatoms. The van der Waals surface area contributed by atoms with E-state index in [1.54, 1.807) is 13.2 Å². The number of phenolic OH excluding ortho intramolecular Hbond substituents is 1. The summed E-state index contributed by atoms with van der Waals surface area (Å²) < 4.78 is 5.46. The van der Waals surface area contributed by atoms with Gasteiger partial charge in [0.2, 0.25) is 0 Å². The quantitative estimate of drug-likeness (QED) is 0.772. The number of rotatable bonds is 3. The lowest BCUT2D eigenvalue weighted by atomic mass is 9.95. The van der Waals surface area contributed by atoms with Crippen LogP contribution in [0.3, 0.4) is 0 Å². The molecule has 25 heavy (non-hydrogen) atoms. The van der Waals surface area contributed by atoms with Crippen LogP contribution in [-0.2, 0) is 0 Å². The second kappa shape index (κ2) is 6.06. The summed E-state index contributed by atoms with van der Waals surface area (Å²) >= 11 is 0. The highest BCUT2D eigenvalue weighted by atomic mass is 16.5. The van der Waals surface area contributed by atoms with Crippen LogP contribution in [0.5, 0.6) is 11.5 Å². The Hall–Kier alpha value is -3.14. The molecule has 0 aliphatic carbocycles. The normalized spacial score (nSPS) is 13.7. The summed E-state index contributed by atoms with van der Waals surface area (Å²) in [4.78, 5) is 8.86. The largest absolute Gasteiger partial charge is 0.507 e. The SMILES string of the molecule is COc1cc(C2=NCC(C)=N2)c(O)c(-c2cccc3ccccc23)c1. The number of aliphatic imine (C=N–C) groups is 2. The zero-order chi connectivity index (χ0) is 17.4. The molecule has 0 aromatic heterocycles. The monoisotopic (exact) mass is 330 g/mol. The Morgan fingerprint density at radius 2 is 1.72 bits per heavy atom. The van der Waals surface area contributed by atoms with Crippen molar-refractivity contribution in [2.45, 2.75) is 6.92 Å². The molecule has 3 aromatic carbocycles. The highest BCUT2D eigenvalue weighted by Crippen LogP contribution is 2.40. The lowest BCUT2D eigenvalue weighted by molar-refractivity contribution is 0.412. The van der Waals surface area contributed by atoms with E-state index in [-0.39, 0.29) is 5.75 Å². The maximum absolute atomic E-state index is 11.0. The van der Waals surface area contributed by atoms with Gasteiger partial charge in [0.05, 0.1) is 19.2 Å². The summed E-state index contributed by atoms with van der Waals surface area (Å²) in [5, 5.41) is 13.2. The Kier molecular flexibility index (Phi) is 3.73. The van der Waals surface area contributed by atoms with Crippen LogP contribution in [0.4, 0.5) is 0 Å². The third-order valence-electron chi connectivity index (χ3n) is 4.39. The van der Waals surface area contributed by atoms with Crippen LogP contribution in [0.25, 0.3) is 21.9 Å². The summed E-state index contributed by atoms with van der Waals surface area (Å²) in [7, 11) is 1.62. The highest BCUT2D eigenvalue weighted by molar-refractivity contribution is 6.13. The van der Waals surface area contributed by atoms with E-state index in [9.17, 15) is 5.11 Å². The Morgan fingerprint density at radius 1 is 0.960 bits per heavy atom. The molecule has 0 radical (unpaired) electrons. The average Bonchev–Trinajstić information content (AvgIpc) is 3.08. The molecule has 4 nitrogen and oxygen atoms in total. The molecule has 0 spiro atoms. The van der Waals surface area contributed by atoms with Gasteiger partial charge in [-0.1, -0.05) is 42.5 Å². The molecule has 4 rings (SSSR count). The number of fused-ring (bicyclic) bond motifs is 1. The first-order valence-corrected chi connectivity index (χ1v) is 8.15. The van der Waals surface area contributed by atoms with Crippen molar-refractivity contribution in [3.8, 4) is 22.6 Å². The Balaban J connectivity index is 1.98. The molecule has 0 atom stereocenters. The van der Waals surface area contributed by atoms with Crippen LogP contribution in [-0.4, -0.2) is 30.3 Å². The van der Waals surface area contributed by atoms with Crippen LogP contribution in [0.1, 0.15) is 12.5 Å². The van der Waals surface area contributed by atoms with Gasteiger partial charge < -0.3 is 9.84 Å². The summed E-state index contributed by atoms with van der Waals surface area (Å²) in [6.45, 7) is 2.49. The minimum atomic E-state index is 0.175. The Labute approximate surface area is 146 Å². The van der Waals surface area contributed by atoms with Crippen molar-refractivity contribution in [1.29, 1.82) is 0 Å². The topological polar surface area (TPSA) is 54.2 Å². The van der Waals surface area contributed by atoms with Gasteiger partial charge in [-0.3, -0.25) is 4.99 Å². The standard InChI is InChI=1S/C21H18N2O2/c1-13-12-22-21(23-13)19-11-15(25-2)10-18(20(19)24)17-9-5-7-14-6-3-4-8-16(14)17/h3-11,24H,12H2,1-2H3. The van der Waals surface area contributed by atoms with Gasteiger partial charge in [-0.15, -0.1) is 0 Å². The summed E-state index contributed by atoms with van der Waals surface area (Å²) in [6, 6.07) is 17.8. The van der Waals surface area contributed by atoms with Gasteiger partial charge in [-0.05, 0) is 35.4 Å². The first kappa shape index (κ1) is 15.4. The predicted molar refractivity (Wildman–Crippen MR) is 102 cm³/mol. The fourth-order valence-corrected chi connectivity index (χ4v) is 3.15. The zero-order valence-corrected chi connectivity index (χ0v) is 14.2. The van der Waals surface area contributed by atoms with Gasteiger partial charge in [0.25, 0.3) is 0 Å². The zero-order valence-electron chi connectivity index (χ0n) is 14.2. The molecule has 1 N–H and O–H groups in total. The van der Waals surface area contributed by atoms with E-state index in [0.29, 0.717) is 29.3 Å². The van der Waals surface area contributed by atoms with Crippen molar-refractivity contribution in [2.24, 2.45) is 9.98 Å². The minimum Gasteiger partial charge on any atom is -0.507 e. The van der Waals surface area contributed by atoms with E-state index in [1.165, 1.54) is 0 Å². The van der Waals surface area contributed by atoms with Crippen molar-refractivity contribution in [2.75, 3.05) is 13.7 Å². The van der Waals surface area contributed by atoms with Gasteiger partial charge in [0.15, 0.2) is 5.84 Å². The molecule has 0 fully saturated rings. The Bertz CT molecular complexity index is 1030. The van der Waals surface area contributed by atoms with Gasteiger partial charge in [-0.25, -0.2) is 4.99 Å². The number of benzene rings is 3. The smallest absolute Gasteiger partial charge is 0.158 e. The molecule has 0 amide bonds. The van der Waals surface area contributed by atoms with Crippen LogP contribution in [0.2, 0.25) is 0 Å². The van der Waals surface area contributed by atoms with Crippen molar-refractivity contribution in [1.82, 2.24) is 0 Å². The predicted octanol–water partition coefficient (Wildman–Crippen LogP) is 4.44. The molecule has 1 aliphatic heterocycles. The number of hydrogen-bond donors (Lipinski definition) is 1. The third kappa shape index (κ3) is 2.66. The van der Waals surface area contributed by atoms with Crippen molar-refractivity contribution in [3.05, 3.63) is 60.2 Å². The molecule has 0 saturated carbocycles. The summed E-state index contributed by atoms with van der Waals surface area (Å²) in [5.41, 5.74) is 3.20. The number of aromatic hydroxyl groups is 1. The number of phenols is 1. The van der Waals surface area contributed by atoms with Crippen LogP contribution < -0.4 is 4.74 Å². The molecule has 0 saturated heterocycles. The lowest BCUT2D eigenvalue weighted by Gasteiger charge is -2.14. The average molecular weight is 330 g/mol. The van der Waals surface area contributed by atoms with Gasteiger partial charge in [0, 0.05) is 11.3 Å².